The van der Waals surface area contributed by atoms with Crippen LogP contribution in [0.5, 0.6) is 5.75 Å². The minimum atomic E-state index is -1.10. The van der Waals surface area contributed by atoms with Crippen molar-refractivity contribution in [1.29, 1.82) is 0 Å². The summed E-state index contributed by atoms with van der Waals surface area (Å²) in [4.78, 5) is 23.2. The van der Waals surface area contributed by atoms with Crippen molar-refractivity contribution in [3.05, 3.63) is 65.5 Å². The molecule has 0 saturated carbocycles. The fourth-order valence-electron chi connectivity index (χ4n) is 2.06. The topological polar surface area (TPSA) is 75.6 Å². The number of hydrogen-bond donors (Lipinski definition) is 2. The number of carbonyl (C=O) groups excluding carboxylic acids is 1. The maximum Gasteiger partial charge on any atom is 0.335 e. The molecule has 25 heavy (non-hydrogen) atoms. The van der Waals surface area contributed by atoms with Crippen LogP contribution in [0.2, 0.25) is 0 Å². The fraction of sp³-hybridized carbons (Fsp3) is 0.158. The van der Waals surface area contributed by atoms with Crippen LogP contribution in [0.25, 0.3) is 6.08 Å². The molecule has 0 atom stereocenters. The van der Waals surface area contributed by atoms with E-state index in [0.717, 1.165) is 6.42 Å². The second-order valence-electron chi connectivity index (χ2n) is 5.24. The Morgan fingerprint density at radius 2 is 2.04 bits per heavy atom. The number of halogens is 1. The molecule has 130 valence electrons. The molecule has 2 rings (SSSR count). The minimum absolute atomic E-state index is 0.0354. The van der Waals surface area contributed by atoms with Crippen molar-refractivity contribution < 1.29 is 23.8 Å². The molecule has 2 aromatic rings. The van der Waals surface area contributed by atoms with Crippen molar-refractivity contribution in [3.63, 3.8) is 0 Å². The lowest BCUT2D eigenvalue weighted by atomic mass is 10.1. The van der Waals surface area contributed by atoms with E-state index in [1.54, 1.807) is 12.1 Å². The predicted molar refractivity (Wildman–Crippen MR) is 93.3 cm³/mol. The molecule has 0 spiro atoms. The smallest absolute Gasteiger partial charge is 0.335 e. The Hall–Kier alpha value is -3.15. The molecule has 2 N–H and O–H groups in total. The average molecular weight is 343 g/mol. The largest absolute Gasteiger partial charge is 0.491 e. The van der Waals surface area contributed by atoms with E-state index in [-0.39, 0.29) is 11.3 Å². The van der Waals surface area contributed by atoms with Gasteiger partial charge in [0.1, 0.15) is 11.6 Å². The highest BCUT2D eigenvalue weighted by Gasteiger charge is 2.11. The van der Waals surface area contributed by atoms with Crippen molar-refractivity contribution in [3.8, 4) is 5.75 Å². The molecule has 0 fully saturated rings. The van der Waals surface area contributed by atoms with Gasteiger partial charge in [-0.05, 0) is 48.4 Å². The number of aromatic carboxylic acids is 1. The van der Waals surface area contributed by atoms with Gasteiger partial charge in [0.15, 0.2) is 0 Å². The molecule has 2 aromatic carbocycles. The number of hydrogen-bond acceptors (Lipinski definition) is 3. The van der Waals surface area contributed by atoms with Gasteiger partial charge in [-0.25, -0.2) is 9.18 Å². The van der Waals surface area contributed by atoms with Gasteiger partial charge in [-0.1, -0.05) is 19.1 Å². The molecule has 0 aromatic heterocycles. The normalized spacial score (nSPS) is 10.6. The van der Waals surface area contributed by atoms with Gasteiger partial charge in [0.05, 0.1) is 17.9 Å². The van der Waals surface area contributed by atoms with E-state index >= 15 is 0 Å². The quantitative estimate of drug-likeness (QED) is 0.746. The van der Waals surface area contributed by atoms with E-state index in [4.69, 9.17) is 9.84 Å². The number of rotatable bonds is 7. The van der Waals surface area contributed by atoms with Crippen molar-refractivity contribution in [1.82, 2.24) is 0 Å². The summed E-state index contributed by atoms with van der Waals surface area (Å²) >= 11 is 0. The summed E-state index contributed by atoms with van der Waals surface area (Å²) < 4.78 is 18.6. The summed E-state index contributed by atoms with van der Waals surface area (Å²) in [5, 5.41) is 11.7. The van der Waals surface area contributed by atoms with Gasteiger partial charge in [0.25, 0.3) is 0 Å². The molecule has 0 radical (unpaired) electrons. The Kier molecular flexibility index (Phi) is 6.28. The van der Waals surface area contributed by atoms with Crippen LogP contribution in [0.4, 0.5) is 10.1 Å². The molecule has 0 unspecified atom stereocenters. The van der Waals surface area contributed by atoms with Gasteiger partial charge in [0.2, 0.25) is 5.91 Å². The summed E-state index contributed by atoms with van der Waals surface area (Å²) in [6.45, 7) is 2.38. The lowest BCUT2D eigenvalue weighted by Crippen LogP contribution is -2.11. The Balaban J connectivity index is 2.17. The van der Waals surface area contributed by atoms with Gasteiger partial charge in [0, 0.05) is 6.08 Å². The van der Waals surface area contributed by atoms with E-state index in [9.17, 15) is 14.0 Å². The summed E-state index contributed by atoms with van der Waals surface area (Å²) in [5.41, 5.74) is 0.840. The predicted octanol–water partition coefficient (Wildman–Crippen LogP) is 3.96. The summed E-state index contributed by atoms with van der Waals surface area (Å²) in [5.74, 6) is -1.59. The first-order chi connectivity index (χ1) is 12.0. The van der Waals surface area contributed by atoms with E-state index in [1.807, 2.05) is 6.92 Å². The second-order valence-corrected chi connectivity index (χ2v) is 5.24. The monoisotopic (exact) mass is 343 g/mol. The molecule has 0 saturated heterocycles. The molecule has 0 heterocycles. The number of carboxylic acid groups (broad SMARTS) is 1. The molecule has 6 heteroatoms. The Morgan fingerprint density at radius 1 is 1.24 bits per heavy atom. The first kappa shape index (κ1) is 18.2. The van der Waals surface area contributed by atoms with Gasteiger partial charge >= 0.3 is 5.97 Å². The van der Waals surface area contributed by atoms with Gasteiger partial charge < -0.3 is 15.2 Å². The zero-order chi connectivity index (χ0) is 18.2. The van der Waals surface area contributed by atoms with Crippen LogP contribution in [-0.4, -0.2) is 23.6 Å². The summed E-state index contributed by atoms with van der Waals surface area (Å²) in [6, 6.07) is 10.1. The van der Waals surface area contributed by atoms with E-state index < -0.39 is 17.7 Å². The Bertz CT molecular complexity index is 802. The zero-order valence-corrected chi connectivity index (χ0v) is 13.7. The van der Waals surface area contributed by atoms with E-state index in [2.05, 4.69) is 5.32 Å². The van der Waals surface area contributed by atoms with Crippen molar-refractivity contribution in [2.75, 3.05) is 11.9 Å². The lowest BCUT2D eigenvalue weighted by molar-refractivity contribution is -0.111. The number of carboxylic acids is 1. The first-order valence-corrected chi connectivity index (χ1v) is 7.74. The summed E-state index contributed by atoms with van der Waals surface area (Å²) in [6.07, 6.45) is 3.48. The van der Waals surface area contributed by atoms with Gasteiger partial charge in [-0.2, -0.15) is 0 Å². The maximum absolute atomic E-state index is 13.1. The number of nitrogens with one attached hydrogen (secondary N) is 1. The van der Waals surface area contributed by atoms with Crippen molar-refractivity contribution in [2.45, 2.75) is 13.3 Å². The molecule has 0 aliphatic heterocycles. The van der Waals surface area contributed by atoms with Crippen molar-refractivity contribution >= 4 is 23.6 Å². The Labute approximate surface area is 144 Å². The molecule has 0 bridgehead atoms. The van der Waals surface area contributed by atoms with Crippen LogP contribution in [-0.2, 0) is 4.79 Å². The number of benzene rings is 2. The molecule has 0 aliphatic rings. The highest BCUT2D eigenvalue weighted by atomic mass is 19.1. The van der Waals surface area contributed by atoms with Gasteiger partial charge in [-0.15, -0.1) is 0 Å². The number of carbonyl (C=O) groups is 2. The third kappa shape index (κ3) is 5.46. The highest BCUT2D eigenvalue weighted by molar-refractivity contribution is 6.03. The van der Waals surface area contributed by atoms with Crippen molar-refractivity contribution in [2.24, 2.45) is 0 Å². The third-order valence-corrected chi connectivity index (χ3v) is 3.22. The molecule has 5 nitrogen and oxygen atoms in total. The lowest BCUT2D eigenvalue weighted by Gasteiger charge is -2.12. The number of anilines is 1. The Morgan fingerprint density at radius 3 is 2.72 bits per heavy atom. The van der Waals surface area contributed by atoms with Crippen LogP contribution in [0.15, 0.2) is 48.5 Å². The maximum atomic E-state index is 13.1. The number of ether oxygens (including phenoxy) is 1. The second kappa shape index (κ2) is 8.63. The fourth-order valence-corrected chi connectivity index (χ4v) is 2.06. The molecule has 1 amide bonds. The standard InChI is InChI=1S/C19H18FNO4/c1-2-10-25-17-8-7-14(19(23)24)12-16(17)21-18(22)9-6-13-4-3-5-15(20)11-13/h3-9,11-12H,2,10H2,1H3,(H,21,22)(H,23,24)/b9-6+. The van der Waals surface area contributed by atoms with Gasteiger partial charge in [-0.3, -0.25) is 4.79 Å². The van der Waals surface area contributed by atoms with E-state index in [0.29, 0.717) is 17.9 Å². The SMILES string of the molecule is CCCOc1ccc(C(=O)O)cc1NC(=O)/C=C/c1cccc(F)c1. The van der Waals surface area contributed by atoms with E-state index in [1.165, 1.54) is 42.5 Å². The highest BCUT2D eigenvalue weighted by Crippen LogP contribution is 2.26. The number of amides is 1. The third-order valence-electron chi connectivity index (χ3n) is 3.22. The van der Waals surface area contributed by atoms with Crippen LogP contribution in [0, 0.1) is 5.82 Å². The molecule has 0 aliphatic carbocycles. The zero-order valence-electron chi connectivity index (χ0n) is 13.7. The first-order valence-electron chi connectivity index (χ1n) is 7.74. The van der Waals surface area contributed by atoms with Crippen LogP contribution in [0.1, 0.15) is 29.3 Å². The summed E-state index contributed by atoms with van der Waals surface area (Å²) in [7, 11) is 0. The van der Waals surface area contributed by atoms with Crippen LogP contribution >= 0.6 is 0 Å². The average Bonchev–Trinajstić information content (AvgIpc) is 2.59. The molecular weight excluding hydrogens is 325 g/mol. The van der Waals surface area contributed by atoms with Crippen LogP contribution < -0.4 is 10.1 Å². The molecular formula is C19H18FNO4. The minimum Gasteiger partial charge on any atom is -0.491 e. The van der Waals surface area contributed by atoms with Crippen LogP contribution in [0.3, 0.4) is 0 Å².